The fraction of sp³-hybridized carbons (Fsp3) is 0.536. The summed E-state index contributed by atoms with van der Waals surface area (Å²) in [6, 6.07) is 7.22. The van der Waals surface area contributed by atoms with Crippen molar-refractivity contribution in [2.24, 2.45) is 0 Å². The highest BCUT2D eigenvalue weighted by molar-refractivity contribution is 5.88. The van der Waals surface area contributed by atoms with Gasteiger partial charge in [-0.2, -0.15) is 13.2 Å². The van der Waals surface area contributed by atoms with Gasteiger partial charge in [0, 0.05) is 25.3 Å². The molecule has 1 saturated heterocycles. The summed E-state index contributed by atoms with van der Waals surface area (Å²) in [5.74, 6) is 0.665. The number of rotatable bonds is 6. The molecule has 9 nitrogen and oxygen atoms in total. The predicted molar refractivity (Wildman–Crippen MR) is 142 cm³/mol. The first-order chi connectivity index (χ1) is 18.7. The van der Waals surface area contributed by atoms with Crippen LogP contribution in [-0.2, 0) is 24.0 Å². The van der Waals surface area contributed by atoms with Crippen LogP contribution in [0, 0.1) is 0 Å². The number of hydrogen-bond acceptors (Lipinski definition) is 7. The summed E-state index contributed by atoms with van der Waals surface area (Å²) in [5, 5.41) is 23.0. The highest BCUT2D eigenvalue weighted by Gasteiger charge is 2.43. The number of nitrogens with zero attached hydrogens (tertiary/aromatic N) is 5. The molecule has 1 amide bonds. The Balaban J connectivity index is 1.34. The van der Waals surface area contributed by atoms with Crippen molar-refractivity contribution >= 4 is 22.9 Å². The van der Waals surface area contributed by atoms with Gasteiger partial charge in [-0.05, 0) is 63.8 Å². The Morgan fingerprint density at radius 2 is 1.85 bits per heavy atom. The van der Waals surface area contributed by atoms with Gasteiger partial charge >= 0.3 is 12.3 Å². The molecule has 3 heterocycles. The number of likely N-dealkylation sites (tertiary alicyclic amines) is 1. The highest BCUT2D eigenvalue weighted by atomic mass is 19.4. The number of hydrogen-bond donors (Lipinski definition) is 2. The van der Waals surface area contributed by atoms with Crippen LogP contribution in [0.3, 0.4) is 0 Å². The summed E-state index contributed by atoms with van der Waals surface area (Å²) in [6.07, 6.45) is -0.868. The second-order valence-corrected chi connectivity index (χ2v) is 11.7. The van der Waals surface area contributed by atoms with Crippen LogP contribution in [0.5, 0.6) is 0 Å². The van der Waals surface area contributed by atoms with E-state index in [1.54, 1.807) is 31.5 Å². The van der Waals surface area contributed by atoms with E-state index >= 15 is 0 Å². The standard InChI is InChI=1S/C28H34F3N5O4/c1-26(2,3)40-25(38)34-13-11-27(39,22(37)15-34)16-35-12-10-21-23(35)32-17-33-24(21)36(20-8-9-20)14-18-4-6-19(7-5-18)28(29,30)31/h4-7,10,12,17,20,22,37,39H,8-9,11,13-16H2,1-3H3. The van der Waals surface area contributed by atoms with Gasteiger partial charge in [0.2, 0.25) is 0 Å². The number of ether oxygens (including phenoxy) is 1. The Morgan fingerprint density at radius 3 is 2.45 bits per heavy atom. The molecule has 1 aromatic carbocycles. The summed E-state index contributed by atoms with van der Waals surface area (Å²) in [5.41, 5.74) is -1.55. The number of fused-ring (bicyclic) bond motifs is 1. The maximum atomic E-state index is 13.0. The van der Waals surface area contributed by atoms with Crippen molar-refractivity contribution < 1.29 is 32.9 Å². The Kier molecular flexibility index (Phi) is 7.20. The largest absolute Gasteiger partial charge is 0.444 e. The van der Waals surface area contributed by atoms with Crippen molar-refractivity contribution in [1.82, 2.24) is 19.4 Å². The molecular formula is C28H34F3N5O4. The fourth-order valence-electron chi connectivity index (χ4n) is 5.04. The second kappa shape index (κ2) is 10.2. The molecule has 40 heavy (non-hydrogen) atoms. The van der Waals surface area contributed by atoms with E-state index in [4.69, 9.17) is 4.74 Å². The molecule has 216 valence electrons. The number of alkyl halides is 3. The number of anilines is 1. The van der Waals surface area contributed by atoms with E-state index in [0.717, 1.165) is 35.9 Å². The second-order valence-electron chi connectivity index (χ2n) is 11.7. The monoisotopic (exact) mass is 561 g/mol. The molecule has 0 bridgehead atoms. The van der Waals surface area contributed by atoms with Crippen LogP contribution in [-0.4, -0.2) is 72.2 Å². The van der Waals surface area contributed by atoms with Gasteiger partial charge < -0.3 is 29.3 Å². The third-order valence-electron chi connectivity index (χ3n) is 7.35. The third-order valence-corrected chi connectivity index (χ3v) is 7.35. The molecule has 0 radical (unpaired) electrons. The van der Waals surface area contributed by atoms with Crippen LogP contribution in [0.15, 0.2) is 42.9 Å². The van der Waals surface area contributed by atoms with E-state index in [9.17, 15) is 28.2 Å². The number of carbonyl (C=O) groups is 1. The molecule has 3 aromatic rings. The molecule has 2 aliphatic rings. The molecule has 1 aliphatic heterocycles. The minimum atomic E-state index is -4.39. The summed E-state index contributed by atoms with van der Waals surface area (Å²) < 4.78 is 46.2. The zero-order chi connectivity index (χ0) is 28.9. The SMILES string of the molecule is CC(C)(C)OC(=O)N1CCC(O)(Cn2ccc3c(N(Cc4ccc(C(F)(F)F)cc4)C4CC4)ncnc32)C(O)C1. The summed E-state index contributed by atoms with van der Waals surface area (Å²) >= 11 is 0. The summed E-state index contributed by atoms with van der Waals surface area (Å²) in [6.45, 7) is 5.91. The number of piperidine rings is 1. The zero-order valence-electron chi connectivity index (χ0n) is 22.7. The minimum Gasteiger partial charge on any atom is -0.444 e. The van der Waals surface area contributed by atoms with Gasteiger partial charge in [-0.3, -0.25) is 0 Å². The first-order valence-corrected chi connectivity index (χ1v) is 13.3. The van der Waals surface area contributed by atoms with Crippen LogP contribution in [0.2, 0.25) is 0 Å². The van der Waals surface area contributed by atoms with Crippen LogP contribution in [0.25, 0.3) is 11.0 Å². The minimum absolute atomic E-state index is 0.0542. The van der Waals surface area contributed by atoms with Gasteiger partial charge in [0.25, 0.3) is 0 Å². The Morgan fingerprint density at radius 1 is 1.15 bits per heavy atom. The maximum Gasteiger partial charge on any atom is 0.416 e. The quantitative estimate of drug-likeness (QED) is 0.461. The number of carbonyl (C=O) groups excluding carboxylic acids is 1. The molecule has 2 fully saturated rings. The number of amides is 1. The molecule has 2 unspecified atom stereocenters. The first kappa shape index (κ1) is 28.2. The lowest BCUT2D eigenvalue weighted by atomic mass is 9.88. The first-order valence-electron chi connectivity index (χ1n) is 13.3. The summed E-state index contributed by atoms with van der Waals surface area (Å²) in [4.78, 5) is 24.9. The van der Waals surface area contributed by atoms with Gasteiger partial charge in [-0.1, -0.05) is 12.1 Å². The van der Waals surface area contributed by atoms with E-state index in [2.05, 4.69) is 14.9 Å². The average molecular weight is 562 g/mol. The average Bonchev–Trinajstić information content (AvgIpc) is 3.64. The van der Waals surface area contributed by atoms with Gasteiger partial charge in [0.05, 0.1) is 24.0 Å². The van der Waals surface area contributed by atoms with Crippen molar-refractivity contribution in [1.29, 1.82) is 0 Å². The molecule has 0 spiro atoms. The number of aliphatic hydroxyl groups excluding tert-OH is 1. The number of β-amino-alcohol motifs (C(OH)–C–C–N with tert-alkyl or cyclic N) is 1. The smallest absolute Gasteiger partial charge is 0.416 e. The zero-order valence-corrected chi connectivity index (χ0v) is 22.7. The molecule has 5 rings (SSSR count). The lowest BCUT2D eigenvalue weighted by Crippen LogP contribution is -2.59. The van der Waals surface area contributed by atoms with Crippen molar-refractivity contribution in [2.45, 2.75) is 82.6 Å². The van der Waals surface area contributed by atoms with Gasteiger partial charge in [-0.15, -0.1) is 0 Å². The maximum absolute atomic E-state index is 13.0. The fourth-order valence-corrected chi connectivity index (χ4v) is 5.04. The van der Waals surface area contributed by atoms with Crippen LogP contribution in [0.1, 0.15) is 51.2 Å². The number of halogens is 3. The lowest BCUT2D eigenvalue weighted by Gasteiger charge is -2.42. The van der Waals surface area contributed by atoms with E-state index in [1.165, 1.54) is 23.4 Å². The lowest BCUT2D eigenvalue weighted by molar-refractivity contribution is -0.137. The number of benzene rings is 1. The van der Waals surface area contributed by atoms with Crippen molar-refractivity contribution in [2.75, 3.05) is 18.0 Å². The summed E-state index contributed by atoms with van der Waals surface area (Å²) in [7, 11) is 0. The molecule has 12 heteroatoms. The Hall–Kier alpha value is -3.38. The number of aromatic nitrogens is 3. The van der Waals surface area contributed by atoms with E-state index < -0.39 is 35.1 Å². The van der Waals surface area contributed by atoms with E-state index in [0.29, 0.717) is 18.0 Å². The van der Waals surface area contributed by atoms with E-state index in [1.807, 2.05) is 6.07 Å². The molecule has 1 saturated carbocycles. The Bertz CT molecular complexity index is 1370. The normalized spacial score (nSPS) is 22.0. The van der Waals surface area contributed by atoms with Gasteiger partial charge in [0.15, 0.2) is 0 Å². The van der Waals surface area contributed by atoms with Gasteiger partial charge in [-0.25, -0.2) is 14.8 Å². The van der Waals surface area contributed by atoms with Crippen LogP contribution >= 0.6 is 0 Å². The van der Waals surface area contributed by atoms with Crippen molar-refractivity contribution in [3.05, 3.63) is 54.0 Å². The van der Waals surface area contributed by atoms with Crippen molar-refractivity contribution in [3.63, 3.8) is 0 Å². The highest BCUT2D eigenvalue weighted by Crippen LogP contribution is 2.37. The number of aliphatic hydroxyl groups is 2. The third kappa shape index (κ3) is 6.02. The van der Waals surface area contributed by atoms with Crippen LogP contribution in [0.4, 0.5) is 23.8 Å². The topological polar surface area (TPSA) is 104 Å². The molecule has 1 aliphatic carbocycles. The molecule has 2 N–H and O–H groups in total. The van der Waals surface area contributed by atoms with Crippen molar-refractivity contribution in [3.8, 4) is 0 Å². The predicted octanol–water partition coefficient (Wildman–Crippen LogP) is 4.35. The molecular weight excluding hydrogens is 527 g/mol. The van der Waals surface area contributed by atoms with Crippen LogP contribution < -0.4 is 4.90 Å². The molecule has 2 atom stereocenters. The Labute approximate surface area is 230 Å². The van der Waals surface area contributed by atoms with Gasteiger partial charge in [0.1, 0.15) is 35.1 Å². The molecule has 2 aromatic heterocycles. The van der Waals surface area contributed by atoms with E-state index in [-0.39, 0.29) is 32.1 Å².